The Morgan fingerprint density at radius 1 is 1.33 bits per heavy atom. The highest BCUT2D eigenvalue weighted by molar-refractivity contribution is 8.00. The first kappa shape index (κ1) is 16.3. The summed E-state index contributed by atoms with van der Waals surface area (Å²) in [7, 11) is 0. The number of thioether (sulfide) groups is 1. The molecule has 0 aliphatic heterocycles. The molecule has 0 spiro atoms. The zero-order chi connectivity index (χ0) is 15.8. The maximum absolute atomic E-state index is 12.5. The van der Waals surface area contributed by atoms with Gasteiger partial charge in [-0.05, 0) is 52.1 Å². The van der Waals surface area contributed by atoms with Gasteiger partial charge < -0.3 is 11.1 Å². The van der Waals surface area contributed by atoms with E-state index in [2.05, 4.69) is 10.3 Å². The van der Waals surface area contributed by atoms with Gasteiger partial charge in [-0.2, -0.15) is 0 Å². The third kappa shape index (κ3) is 3.22. The Morgan fingerprint density at radius 2 is 2.00 bits per heavy atom. The van der Waals surface area contributed by atoms with Gasteiger partial charge >= 0.3 is 0 Å². The van der Waals surface area contributed by atoms with Gasteiger partial charge in [0, 0.05) is 11.2 Å². The van der Waals surface area contributed by atoms with Crippen LogP contribution >= 0.6 is 23.1 Å². The average molecular weight is 323 g/mol. The summed E-state index contributed by atoms with van der Waals surface area (Å²) in [6.07, 6.45) is 2.01. The minimum atomic E-state index is -0.667. The third-order valence-corrected chi connectivity index (χ3v) is 5.98. The lowest BCUT2D eigenvalue weighted by atomic mass is 9.74. The van der Waals surface area contributed by atoms with Crippen molar-refractivity contribution in [1.82, 2.24) is 4.98 Å². The van der Waals surface area contributed by atoms with Crippen LogP contribution in [0, 0.1) is 5.41 Å². The van der Waals surface area contributed by atoms with Crippen LogP contribution in [0.25, 0.3) is 10.2 Å². The molecule has 1 aromatic heterocycles. The predicted octanol–water partition coefficient (Wildman–Crippen LogP) is 3.72. The summed E-state index contributed by atoms with van der Waals surface area (Å²) in [6, 6.07) is 5.77. The first-order valence-corrected chi connectivity index (χ1v) is 8.74. The summed E-state index contributed by atoms with van der Waals surface area (Å²) in [6.45, 7) is 7.45. The minimum absolute atomic E-state index is 0.0797. The van der Waals surface area contributed by atoms with E-state index in [-0.39, 0.29) is 5.91 Å². The smallest absolute Gasteiger partial charge is 0.231 e. The summed E-state index contributed by atoms with van der Waals surface area (Å²) in [5, 5.41) is 2.96. The summed E-state index contributed by atoms with van der Waals surface area (Å²) in [5.41, 5.74) is 6.58. The number of nitrogens with one attached hydrogen (secondary N) is 1. The van der Waals surface area contributed by atoms with Crippen molar-refractivity contribution < 1.29 is 4.79 Å². The largest absolute Gasteiger partial charge is 0.326 e. The molecule has 0 saturated heterocycles. The van der Waals surface area contributed by atoms with Crippen molar-refractivity contribution in [2.24, 2.45) is 11.1 Å². The topological polar surface area (TPSA) is 68.0 Å². The number of hydrogen-bond donors (Lipinski definition) is 2. The van der Waals surface area contributed by atoms with Crippen molar-refractivity contribution >= 4 is 44.9 Å². The number of carbonyl (C=O) groups excluding carboxylic acids is 1. The van der Waals surface area contributed by atoms with Crippen molar-refractivity contribution in [3.05, 3.63) is 18.2 Å². The van der Waals surface area contributed by atoms with Crippen molar-refractivity contribution in [1.29, 1.82) is 0 Å². The van der Waals surface area contributed by atoms with Gasteiger partial charge in [0.25, 0.3) is 0 Å². The Bertz CT molecular complexity index is 671. The molecule has 1 heterocycles. The predicted molar refractivity (Wildman–Crippen MR) is 92.1 cm³/mol. The highest BCUT2D eigenvalue weighted by Gasteiger charge is 2.40. The zero-order valence-corrected chi connectivity index (χ0v) is 14.6. The monoisotopic (exact) mass is 323 g/mol. The van der Waals surface area contributed by atoms with Gasteiger partial charge in [-0.1, -0.05) is 11.8 Å². The lowest BCUT2D eigenvalue weighted by molar-refractivity contribution is -0.126. The molecule has 6 heteroatoms. The molecule has 2 rings (SSSR count). The number of fused-ring (bicyclic) bond motifs is 1. The maximum atomic E-state index is 12.5. The fraction of sp³-hybridized carbons (Fsp3) is 0.467. The second-order valence-corrected chi connectivity index (χ2v) is 8.25. The molecule has 21 heavy (non-hydrogen) atoms. The first-order chi connectivity index (χ1) is 9.65. The van der Waals surface area contributed by atoms with Gasteiger partial charge in [0.15, 0.2) is 4.34 Å². The van der Waals surface area contributed by atoms with Crippen LogP contribution in [-0.4, -0.2) is 22.7 Å². The highest BCUT2D eigenvalue weighted by atomic mass is 32.2. The Hall–Kier alpha value is -1.11. The number of rotatable bonds is 4. The molecule has 1 amide bonds. The molecule has 0 aliphatic carbocycles. The molecule has 3 N–H and O–H groups in total. The highest BCUT2D eigenvalue weighted by Crippen LogP contribution is 2.32. The standard InChI is InChI=1S/C15H21N3OS2/c1-14(2,15(3,4)16)12(19)17-9-6-7-10-11(8-9)21-13(18-10)20-5/h6-8H,16H2,1-5H3,(H,17,19). The lowest BCUT2D eigenvalue weighted by Crippen LogP contribution is -2.53. The first-order valence-electron chi connectivity index (χ1n) is 6.70. The van der Waals surface area contributed by atoms with Crippen molar-refractivity contribution in [3.63, 3.8) is 0 Å². The van der Waals surface area contributed by atoms with Crippen LogP contribution in [0.15, 0.2) is 22.5 Å². The molecular weight excluding hydrogens is 302 g/mol. The molecule has 1 aromatic carbocycles. The van der Waals surface area contributed by atoms with Gasteiger partial charge in [-0.15, -0.1) is 11.3 Å². The van der Waals surface area contributed by atoms with Crippen molar-refractivity contribution in [3.8, 4) is 0 Å². The molecule has 114 valence electrons. The normalized spacial score (nSPS) is 12.7. The quantitative estimate of drug-likeness (QED) is 0.842. The summed E-state index contributed by atoms with van der Waals surface area (Å²) in [5.74, 6) is -0.0797. The Morgan fingerprint density at radius 3 is 2.57 bits per heavy atom. The summed E-state index contributed by atoms with van der Waals surface area (Å²) in [4.78, 5) is 17.0. The van der Waals surface area contributed by atoms with E-state index in [0.717, 1.165) is 20.2 Å². The number of aromatic nitrogens is 1. The van der Waals surface area contributed by atoms with E-state index in [1.54, 1.807) is 23.1 Å². The van der Waals surface area contributed by atoms with E-state index in [4.69, 9.17) is 5.73 Å². The number of nitrogens with zero attached hydrogens (tertiary/aromatic N) is 1. The number of nitrogens with two attached hydrogens (primary N) is 1. The van der Waals surface area contributed by atoms with E-state index in [1.165, 1.54) is 0 Å². The fourth-order valence-corrected chi connectivity index (χ4v) is 3.18. The van der Waals surface area contributed by atoms with E-state index < -0.39 is 11.0 Å². The Labute approximate surface area is 133 Å². The summed E-state index contributed by atoms with van der Waals surface area (Å²) < 4.78 is 2.10. The average Bonchev–Trinajstić information content (AvgIpc) is 2.79. The van der Waals surface area contributed by atoms with Crippen LogP contribution in [0.5, 0.6) is 0 Å². The van der Waals surface area contributed by atoms with E-state index in [0.29, 0.717) is 0 Å². The number of benzene rings is 1. The van der Waals surface area contributed by atoms with Crippen LogP contribution in [-0.2, 0) is 4.79 Å². The van der Waals surface area contributed by atoms with Gasteiger partial charge in [-0.25, -0.2) is 4.98 Å². The molecule has 0 atom stereocenters. The van der Waals surface area contributed by atoms with Crippen LogP contribution in [0.1, 0.15) is 27.7 Å². The molecule has 0 radical (unpaired) electrons. The van der Waals surface area contributed by atoms with E-state index >= 15 is 0 Å². The van der Waals surface area contributed by atoms with Crippen molar-refractivity contribution in [2.75, 3.05) is 11.6 Å². The fourth-order valence-electron chi connectivity index (χ4n) is 1.65. The van der Waals surface area contributed by atoms with Gasteiger partial charge in [0.2, 0.25) is 5.91 Å². The zero-order valence-electron chi connectivity index (χ0n) is 13.0. The van der Waals surface area contributed by atoms with Crippen LogP contribution < -0.4 is 11.1 Å². The molecule has 0 fully saturated rings. The third-order valence-electron chi connectivity index (χ3n) is 3.98. The molecule has 0 unspecified atom stereocenters. The maximum Gasteiger partial charge on any atom is 0.231 e. The number of amides is 1. The molecule has 0 saturated carbocycles. The molecular formula is C15H21N3OS2. The lowest BCUT2D eigenvalue weighted by Gasteiger charge is -2.36. The molecule has 0 aliphatic rings. The molecule has 0 bridgehead atoms. The number of thiazole rings is 1. The minimum Gasteiger partial charge on any atom is -0.326 e. The van der Waals surface area contributed by atoms with E-state index in [1.807, 2.05) is 52.1 Å². The van der Waals surface area contributed by atoms with Gasteiger partial charge in [-0.3, -0.25) is 4.79 Å². The van der Waals surface area contributed by atoms with Gasteiger partial charge in [0.05, 0.1) is 15.6 Å². The van der Waals surface area contributed by atoms with Crippen LogP contribution in [0.3, 0.4) is 0 Å². The van der Waals surface area contributed by atoms with E-state index in [9.17, 15) is 4.79 Å². The second-order valence-electron chi connectivity index (χ2n) is 6.17. The Balaban J connectivity index is 2.25. The number of hydrogen-bond acceptors (Lipinski definition) is 5. The van der Waals surface area contributed by atoms with Crippen molar-refractivity contribution in [2.45, 2.75) is 37.6 Å². The Kier molecular flexibility index (Phi) is 4.33. The molecule has 2 aromatic rings. The number of carbonyl (C=O) groups is 1. The molecule has 4 nitrogen and oxygen atoms in total. The summed E-state index contributed by atoms with van der Waals surface area (Å²) >= 11 is 3.25. The number of anilines is 1. The SMILES string of the molecule is CSc1nc2ccc(NC(=O)C(C)(C)C(C)(C)N)cc2s1. The van der Waals surface area contributed by atoms with Crippen LogP contribution in [0.2, 0.25) is 0 Å². The second kappa shape index (κ2) is 5.59. The van der Waals surface area contributed by atoms with Crippen LogP contribution in [0.4, 0.5) is 5.69 Å². The van der Waals surface area contributed by atoms with Gasteiger partial charge in [0.1, 0.15) is 0 Å².